The molecule has 0 aliphatic rings. The molecular weight excluding hydrogens is 983 g/mol. The van der Waals surface area contributed by atoms with E-state index >= 15 is 0 Å². The zero-order chi connectivity index (χ0) is 57.6. The standard InChI is InChI=1S/C70H127NO8/c1-6-8-10-12-14-16-18-20-21-22-23-24-25-26-27-28-29-30-31-32-33-34-35-36-37-38-39-40-41-42-43-44-45-46-47-49-50-52-54-56-58-60-67(72)77-64-66(65-78-70(69(74)75)76-63-62-71(3,4)5)79-68(73)61-59-57-55-53-51-48-19-17-15-13-11-9-7-2/h9,11,15,17-18,20,22-23,48,51,66,70H,6-8,10,12-14,16,19,21,24-47,49-50,52-65H2,1-5H3/b11-9-,17-15-,20-18-,23-22-,51-48-. The van der Waals surface area contributed by atoms with Gasteiger partial charge in [-0.3, -0.25) is 9.59 Å². The van der Waals surface area contributed by atoms with Crippen LogP contribution in [0.4, 0.5) is 0 Å². The molecule has 0 aromatic carbocycles. The number of hydrogen-bond acceptors (Lipinski definition) is 8. The van der Waals surface area contributed by atoms with Gasteiger partial charge in [-0.1, -0.05) is 280 Å². The highest BCUT2D eigenvalue weighted by Crippen LogP contribution is 2.18. The molecule has 0 radical (unpaired) electrons. The number of carboxylic acids is 1. The summed E-state index contributed by atoms with van der Waals surface area (Å²) in [4.78, 5) is 37.2. The van der Waals surface area contributed by atoms with Crippen LogP contribution in [0.15, 0.2) is 60.8 Å². The number of hydrogen-bond donors (Lipinski definition) is 0. The highest BCUT2D eigenvalue weighted by Gasteiger charge is 2.22. The lowest BCUT2D eigenvalue weighted by atomic mass is 10.0. The van der Waals surface area contributed by atoms with Gasteiger partial charge in [0.2, 0.25) is 0 Å². The van der Waals surface area contributed by atoms with E-state index in [0.29, 0.717) is 17.4 Å². The molecule has 0 aliphatic carbocycles. The molecule has 0 N–H and O–H groups in total. The summed E-state index contributed by atoms with van der Waals surface area (Å²) in [5.74, 6) is -2.31. The fourth-order valence-electron chi connectivity index (χ4n) is 9.64. The smallest absolute Gasteiger partial charge is 0.306 e. The second-order valence-corrected chi connectivity index (χ2v) is 23.7. The van der Waals surface area contributed by atoms with Gasteiger partial charge in [0.15, 0.2) is 12.4 Å². The molecule has 9 heteroatoms. The van der Waals surface area contributed by atoms with Gasteiger partial charge < -0.3 is 33.3 Å². The SMILES string of the molecule is CC/C=C\C/C=C\C/C=C\CCCCCC(=O)OC(COC(=O)CCCCCCCCCCCCCCCCCCCCCCCCCCCCCCC/C=C\C/C=C\CCCCCCC)COC(OCC[N+](C)(C)C)C(=O)[O-]. The predicted octanol–water partition coefficient (Wildman–Crippen LogP) is 19.0. The van der Waals surface area contributed by atoms with Crippen LogP contribution >= 0.6 is 0 Å². The van der Waals surface area contributed by atoms with Gasteiger partial charge in [0.25, 0.3) is 0 Å². The first-order chi connectivity index (χ1) is 38.6. The van der Waals surface area contributed by atoms with Crippen molar-refractivity contribution in [3.8, 4) is 0 Å². The second kappa shape index (κ2) is 61.1. The first kappa shape index (κ1) is 76.0. The molecule has 0 saturated heterocycles. The maximum atomic E-state index is 12.8. The van der Waals surface area contributed by atoms with E-state index in [-0.39, 0.29) is 38.6 Å². The van der Waals surface area contributed by atoms with Crippen LogP contribution in [0.25, 0.3) is 0 Å². The Balaban J connectivity index is 3.87. The van der Waals surface area contributed by atoms with Crippen molar-refractivity contribution in [3.05, 3.63) is 60.8 Å². The molecule has 0 aromatic rings. The van der Waals surface area contributed by atoms with E-state index in [4.69, 9.17) is 18.9 Å². The number of carboxylic acid groups (broad SMARTS) is 1. The lowest BCUT2D eigenvalue weighted by Gasteiger charge is -2.26. The molecule has 0 aromatic heterocycles. The number of carbonyl (C=O) groups excluding carboxylic acids is 3. The summed E-state index contributed by atoms with van der Waals surface area (Å²) in [6, 6.07) is 0. The fourth-order valence-corrected chi connectivity index (χ4v) is 9.64. The van der Waals surface area contributed by atoms with Crippen molar-refractivity contribution in [2.75, 3.05) is 47.5 Å². The topological polar surface area (TPSA) is 111 Å². The Kier molecular flexibility index (Phi) is 58.7. The Morgan fingerprint density at radius 1 is 0.392 bits per heavy atom. The van der Waals surface area contributed by atoms with Gasteiger partial charge in [0.1, 0.15) is 13.2 Å². The van der Waals surface area contributed by atoms with Gasteiger partial charge in [-0.05, 0) is 77.0 Å². The third-order valence-electron chi connectivity index (χ3n) is 14.7. The number of allylic oxidation sites excluding steroid dienone is 10. The number of unbranched alkanes of at least 4 members (excludes halogenated alkanes) is 37. The molecular formula is C70H127NO8. The normalized spacial score (nSPS) is 13.1. The number of carbonyl (C=O) groups is 3. The third kappa shape index (κ3) is 62.4. The lowest BCUT2D eigenvalue weighted by molar-refractivity contribution is -0.870. The molecule has 79 heavy (non-hydrogen) atoms. The third-order valence-corrected chi connectivity index (χ3v) is 14.7. The van der Waals surface area contributed by atoms with E-state index in [1.54, 1.807) is 0 Å². The highest BCUT2D eigenvalue weighted by molar-refractivity contribution is 5.70. The fraction of sp³-hybridized carbons (Fsp3) is 0.814. The van der Waals surface area contributed by atoms with E-state index in [2.05, 4.69) is 74.6 Å². The number of esters is 2. The van der Waals surface area contributed by atoms with Crippen LogP contribution < -0.4 is 5.11 Å². The molecule has 0 heterocycles. The van der Waals surface area contributed by atoms with Gasteiger partial charge in [-0.25, -0.2) is 0 Å². The van der Waals surface area contributed by atoms with Crippen LogP contribution in [0.3, 0.4) is 0 Å². The summed E-state index contributed by atoms with van der Waals surface area (Å²) in [6.45, 7) is 4.61. The molecule has 0 spiro atoms. The van der Waals surface area contributed by atoms with Crippen molar-refractivity contribution in [2.24, 2.45) is 0 Å². The van der Waals surface area contributed by atoms with Crippen molar-refractivity contribution < 1.29 is 42.9 Å². The van der Waals surface area contributed by atoms with Gasteiger partial charge >= 0.3 is 11.9 Å². The highest BCUT2D eigenvalue weighted by atomic mass is 16.7. The average Bonchev–Trinajstić information content (AvgIpc) is 3.42. The average molecular weight is 1110 g/mol. The number of aliphatic carboxylic acids is 1. The zero-order valence-corrected chi connectivity index (χ0v) is 52.5. The van der Waals surface area contributed by atoms with Gasteiger partial charge in [0.05, 0.1) is 40.3 Å². The molecule has 0 bridgehead atoms. The maximum absolute atomic E-state index is 12.8. The Bertz CT molecular complexity index is 1480. The molecule has 9 nitrogen and oxygen atoms in total. The molecule has 2 unspecified atom stereocenters. The van der Waals surface area contributed by atoms with E-state index in [9.17, 15) is 19.5 Å². The first-order valence-electron chi connectivity index (χ1n) is 33.4. The van der Waals surface area contributed by atoms with Crippen molar-refractivity contribution in [1.29, 1.82) is 0 Å². The second-order valence-electron chi connectivity index (χ2n) is 23.7. The number of likely N-dealkylation sites (N-methyl/N-ethyl adjacent to an activating group) is 1. The number of nitrogens with zero attached hydrogens (tertiary/aromatic N) is 1. The van der Waals surface area contributed by atoms with Crippen LogP contribution in [0, 0.1) is 0 Å². The van der Waals surface area contributed by atoms with Gasteiger partial charge in [-0.15, -0.1) is 0 Å². The summed E-state index contributed by atoms with van der Waals surface area (Å²) < 4.78 is 22.6. The molecule has 0 aliphatic heterocycles. The number of quaternary nitrogens is 1. The number of ether oxygens (including phenoxy) is 4. The molecule has 0 saturated carbocycles. The summed E-state index contributed by atoms with van der Waals surface area (Å²) >= 11 is 0. The van der Waals surface area contributed by atoms with Crippen LogP contribution in [0.1, 0.15) is 309 Å². The van der Waals surface area contributed by atoms with Crippen LogP contribution in [-0.4, -0.2) is 82.3 Å². The largest absolute Gasteiger partial charge is 0.545 e. The van der Waals surface area contributed by atoms with Crippen LogP contribution in [-0.2, 0) is 33.3 Å². The predicted molar refractivity (Wildman–Crippen MR) is 334 cm³/mol. The summed E-state index contributed by atoms with van der Waals surface area (Å²) in [6.07, 6.45) is 76.3. The molecule has 0 amide bonds. The Hall–Kier alpha value is -3.01. The zero-order valence-electron chi connectivity index (χ0n) is 52.5. The van der Waals surface area contributed by atoms with Crippen molar-refractivity contribution >= 4 is 17.9 Å². The Morgan fingerprint density at radius 2 is 0.722 bits per heavy atom. The summed E-state index contributed by atoms with van der Waals surface area (Å²) in [7, 11) is 5.91. The van der Waals surface area contributed by atoms with Crippen LogP contribution in [0.5, 0.6) is 0 Å². The monoisotopic (exact) mass is 1110 g/mol. The first-order valence-corrected chi connectivity index (χ1v) is 33.4. The van der Waals surface area contributed by atoms with Gasteiger partial charge in [0, 0.05) is 12.8 Å². The quantitative estimate of drug-likeness (QED) is 0.0195. The number of rotatable bonds is 62. The lowest BCUT2D eigenvalue weighted by Crippen LogP contribution is -2.44. The minimum absolute atomic E-state index is 0.142. The van der Waals surface area contributed by atoms with Crippen molar-refractivity contribution in [3.63, 3.8) is 0 Å². The van der Waals surface area contributed by atoms with Crippen molar-refractivity contribution in [2.45, 2.75) is 322 Å². The molecule has 2 atom stereocenters. The van der Waals surface area contributed by atoms with E-state index in [0.717, 1.165) is 64.2 Å². The Morgan fingerprint density at radius 3 is 1.09 bits per heavy atom. The van der Waals surface area contributed by atoms with Crippen LogP contribution in [0.2, 0.25) is 0 Å². The summed E-state index contributed by atoms with van der Waals surface area (Å²) in [5, 5.41) is 11.8. The minimum atomic E-state index is -1.63. The van der Waals surface area contributed by atoms with E-state index in [1.165, 1.54) is 212 Å². The van der Waals surface area contributed by atoms with Crippen molar-refractivity contribution in [1.82, 2.24) is 0 Å². The maximum Gasteiger partial charge on any atom is 0.306 e. The Labute approximate surface area is 488 Å². The summed E-state index contributed by atoms with van der Waals surface area (Å²) in [5.41, 5.74) is 0. The van der Waals surface area contributed by atoms with E-state index in [1.807, 2.05) is 21.1 Å². The molecule has 460 valence electrons. The molecule has 0 fully saturated rings. The van der Waals surface area contributed by atoms with E-state index < -0.39 is 24.3 Å². The molecule has 0 rings (SSSR count). The minimum Gasteiger partial charge on any atom is -0.545 e. The van der Waals surface area contributed by atoms with Gasteiger partial charge in [-0.2, -0.15) is 0 Å².